The summed E-state index contributed by atoms with van der Waals surface area (Å²) in [5.41, 5.74) is 3.73. The van der Waals surface area contributed by atoms with Gasteiger partial charge in [-0.1, -0.05) is 11.6 Å². The minimum atomic E-state index is -4.67. The average molecular weight is 663 g/mol. The maximum Gasteiger partial charge on any atom is 0.522 e. The SMILES string of the molecule is Cc1cc(-c2cc(Cl)ccc2OCCn2c(C)nc3c(c2=O)C[C@@H](N2CC[C@H](OC(F)(F)F)C2)CC3)c2scc(C(=O)O)c2n1. The summed E-state index contributed by atoms with van der Waals surface area (Å²) < 4.78 is 50.9. The van der Waals surface area contributed by atoms with E-state index in [1.165, 1.54) is 11.3 Å². The van der Waals surface area contributed by atoms with Crippen LogP contribution in [0.4, 0.5) is 13.2 Å². The Bertz CT molecular complexity index is 1840. The second-order valence-electron chi connectivity index (χ2n) is 11.3. The highest BCUT2D eigenvalue weighted by Crippen LogP contribution is 2.40. The molecule has 4 heterocycles. The van der Waals surface area contributed by atoms with Crippen molar-refractivity contribution in [2.45, 2.75) is 64.6 Å². The van der Waals surface area contributed by atoms with Crippen molar-refractivity contribution in [3.63, 3.8) is 0 Å². The van der Waals surface area contributed by atoms with Gasteiger partial charge >= 0.3 is 12.3 Å². The second kappa shape index (κ2) is 12.3. The highest BCUT2D eigenvalue weighted by molar-refractivity contribution is 7.18. The third-order valence-corrected chi connectivity index (χ3v) is 9.61. The number of nitrogens with zero attached hydrogens (tertiary/aromatic N) is 4. The van der Waals surface area contributed by atoms with Gasteiger partial charge in [-0.25, -0.2) is 9.78 Å². The van der Waals surface area contributed by atoms with Crippen LogP contribution in [0.25, 0.3) is 21.3 Å². The summed E-state index contributed by atoms with van der Waals surface area (Å²) >= 11 is 7.65. The van der Waals surface area contributed by atoms with Crippen LogP contribution in [0, 0.1) is 13.8 Å². The lowest BCUT2D eigenvalue weighted by molar-refractivity contribution is -0.340. The summed E-state index contributed by atoms with van der Waals surface area (Å²) in [6, 6.07) is 6.99. The standard InChI is InChI=1S/C31H30ClF3N4O5S/c1-16-11-22(28-27(36-16)24(15-45-28)30(41)42)21-12-18(32)3-6-26(21)43-10-9-39-17(2)37-25-5-4-19(13-23(25)29(39)40)38-8-7-20(14-38)44-31(33,34)35/h3,6,11-12,15,19-20H,4-5,7-10,13-14H2,1-2H3,(H,41,42)/t19-,20-/m0/s1. The summed E-state index contributed by atoms with van der Waals surface area (Å²) in [6.07, 6.45) is -3.57. The van der Waals surface area contributed by atoms with Gasteiger partial charge in [0.1, 0.15) is 18.2 Å². The number of carboxylic acid groups (broad SMARTS) is 1. The van der Waals surface area contributed by atoms with Crippen LogP contribution in [0.5, 0.6) is 5.75 Å². The van der Waals surface area contributed by atoms with Gasteiger partial charge in [0.25, 0.3) is 5.56 Å². The molecule has 1 aromatic carbocycles. The number of aromatic nitrogens is 3. The first-order valence-electron chi connectivity index (χ1n) is 14.5. The molecule has 1 saturated heterocycles. The van der Waals surface area contributed by atoms with Crippen LogP contribution in [0.2, 0.25) is 5.02 Å². The number of thiophene rings is 1. The van der Waals surface area contributed by atoms with Crippen molar-refractivity contribution in [2.24, 2.45) is 0 Å². The summed E-state index contributed by atoms with van der Waals surface area (Å²) in [5, 5.41) is 11.7. The van der Waals surface area contributed by atoms with Gasteiger partial charge in [0, 0.05) is 51.9 Å². The lowest BCUT2D eigenvalue weighted by Gasteiger charge is -2.32. The third kappa shape index (κ3) is 6.57. The Labute approximate surface area is 265 Å². The molecule has 0 saturated carbocycles. The van der Waals surface area contributed by atoms with Crippen LogP contribution in [0.15, 0.2) is 34.4 Å². The van der Waals surface area contributed by atoms with Crippen LogP contribution in [-0.4, -0.2) is 68.7 Å². The monoisotopic (exact) mass is 662 g/mol. The molecule has 45 heavy (non-hydrogen) atoms. The van der Waals surface area contributed by atoms with Crippen molar-refractivity contribution < 1.29 is 32.5 Å². The molecule has 0 unspecified atom stereocenters. The molecule has 0 spiro atoms. The van der Waals surface area contributed by atoms with Crippen molar-refractivity contribution in [3.8, 4) is 16.9 Å². The molecule has 2 aliphatic rings. The van der Waals surface area contributed by atoms with Crippen molar-refractivity contribution in [2.75, 3.05) is 19.7 Å². The highest BCUT2D eigenvalue weighted by atomic mass is 35.5. The fraction of sp³-hybridized carbons (Fsp3) is 0.419. The van der Waals surface area contributed by atoms with Gasteiger partial charge in [0.15, 0.2) is 0 Å². The Kier molecular flexibility index (Phi) is 8.63. The molecular formula is C31H30ClF3N4O5S. The number of hydrogen-bond acceptors (Lipinski definition) is 8. The van der Waals surface area contributed by atoms with Gasteiger partial charge in [-0.15, -0.1) is 24.5 Å². The Morgan fingerprint density at radius 2 is 1.98 bits per heavy atom. The maximum absolute atomic E-state index is 13.7. The van der Waals surface area contributed by atoms with Crippen LogP contribution in [0.3, 0.4) is 0 Å². The van der Waals surface area contributed by atoms with Crippen LogP contribution < -0.4 is 10.3 Å². The predicted molar refractivity (Wildman–Crippen MR) is 163 cm³/mol. The molecule has 238 valence electrons. The summed E-state index contributed by atoms with van der Waals surface area (Å²) in [5.74, 6) is 0.0138. The van der Waals surface area contributed by atoms with E-state index in [0.717, 1.165) is 11.3 Å². The number of alkyl halides is 3. The molecule has 2 atom stereocenters. The van der Waals surface area contributed by atoms with Gasteiger partial charge in [0.2, 0.25) is 0 Å². The number of aromatic carboxylic acids is 1. The molecule has 1 aliphatic heterocycles. The van der Waals surface area contributed by atoms with E-state index < -0.39 is 18.4 Å². The molecule has 0 bridgehead atoms. The van der Waals surface area contributed by atoms with Crippen molar-refractivity contribution >= 4 is 39.1 Å². The molecule has 0 amide bonds. The zero-order valence-electron chi connectivity index (χ0n) is 24.5. The highest BCUT2D eigenvalue weighted by Gasteiger charge is 2.39. The van der Waals surface area contributed by atoms with E-state index >= 15 is 0 Å². The lowest BCUT2D eigenvalue weighted by Crippen LogP contribution is -2.42. The molecule has 4 aromatic rings. The molecule has 1 fully saturated rings. The number of benzene rings is 1. The van der Waals surface area contributed by atoms with E-state index in [4.69, 9.17) is 21.3 Å². The quantitative estimate of drug-likeness (QED) is 0.244. The summed E-state index contributed by atoms with van der Waals surface area (Å²) in [6.45, 7) is 4.58. The smallest absolute Gasteiger partial charge is 0.491 e. The molecular weight excluding hydrogens is 633 g/mol. The van der Waals surface area contributed by atoms with E-state index in [9.17, 15) is 27.9 Å². The lowest BCUT2D eigenvalue weighted by atomic mass is 9.91. The Morgan fingerprint density at radius 1 is 1.18 bits per heavy atom. The summed E-state index contributed by atoms with van der Waals surface area (Å²) in [4.78, 5) is 36.6. The topological polar surface area (TPSA) is 107 Å². The van der Waals surface area contributed by atoms with E-state index in [-0.39, 0.29) is 36.9 Å². The minimum absolute atomic E-state index is 0.0579. The van der Waals surface area contributed by atoms with Gasteiger partial charge in [-0.05, 0) is 63.8 Å². The molecule has 3 aromatic heterocycles. The fourth-order valence-corrected chi connectivity index (χ4v) is 7.51. The number of rotatable bonds is 8. The first-order chi connectivity index (χ1) is 21.4. The first kappa shape index (κ1) is 31.5. The van der Waals surface area contributed by atoms with Crippen LogP contribution in [-0.2, 0) is 24.1 Å². The number of likely N-dealkylation sites (tertiary alicyclic amines) is 1. The maximum atomic E-state index is 13.7. The van der Waals surface area contributed by atoms with Crippen LogP contribution in [0.1, 0.15) is 46.0 Å². The average Bonchev–Trinajstić information content (AvgIpc) is 3.61. The zero-order chi connectivity index (χ0) is 32.0. The van der Waals surface area contributed by atoms with Gasteiger partial charge in [0.05, 0.1) is 34.1 Å². The first-order valence-corrected chi connectivity index (χ1v) is 15.8. The fourth-order valence-electron chi connectivity index (χ4n) is 6.33. The number of carbonyl (C=O) groups is 1. The number of carboxylic acids is 1. The van der Waals surface area contributed by atoms with Crippen molar-refractivity contribution in [1.82, 2.24) is 19.4 Å². The molecule has 6 rings (SSSR count). The largest absolute Gasteiger partial charge is 0.522 e. The number of hydrogen-bond donors (Lipinski definition) is 1. The Morgan fingerprint density at radius 3 is 2.73 bits per heavy atom. The van der Waals surface area contributed by atoms with Gasteiger partial charge in [-0.2, -0.15) is 0 Å². The number of ether oxygens (including phenoxy) is 2. The molecule has 1 N–H and O–H groups in total. The minimum Gasteiger partial charge on any atom is -0.491 e. The van der Waals surface area contributed by atoms with E-state index in [1.807, 2.05) is 11.0 Å². The van der Waals surface area contributed by atoms with Crippen molar-refractivity contribution in [3.05, 3.63) is 73.4 Å². The van der Waals surface area contributed by atoms with E-state index in [1.54, 1.807) is 42.0 Å². The molecule has 14 heteroatoms. The zero-order valence-corrected chi connectivity index (χ0v) is 26.1. The molecule has 9 nitrogen and oxygen atoms in total. The number of halogens is 4. The summed E-state index contributed by atoms with van der Waals surface area (Å²) in [7, 11) is 0. The molecule has 1 aliphatic carbocycles. The van der Waals surface area contributed by atoms with Crippen molar-refractivity contribution in [1.29, 1.82) is 0 Å². The van der Waals surface area contributed by atoms with Crippen LogP contribution >= 0.6 is 22.9 Å². The van der Waals surface area contributed by atoms with Gasteiger partial charge in [-0.3, -0.25) is 24.0 Å². The Hall–Kier alpha value is -3.52. The third-order valence-electron chi connectivity index (χ3n) is 8.37. The van der Waals surface area contributed by atoms with E-state index in [0.29, 0.717) is 75.9 Å². The van der Waals surface area contributed by atoms with E-state index in [2.05, 4.69) is 9.72 Å². The number of aryl methyl sites for hydroxylation is 3. The predicted octanol–water partition coefficient (Wildman–Crippen LogP) is 6.04. The number of pyridine rings is 1. The normalized spacial score (nSPS) is 18.8. The Balaban J connectivity index is 1.21. The molecule has 0 radical (unpaired) electrons. The number of fused-ring (bicyclic) bond motifs is 2. The second-order valence-corrected chi connectivity index (χ2v) is 12.7. The van der Waals surface area contributed by atoms with Gasteiger partial charge < -0.3 is 9.84 Å².